The molecule has 5 rings (SSSR count). The Bertz CT molecular complexity index is 1140. The third kappa shape index (κ3) is 3.71. The van der Waals surface area contributed by atoms with Crippen LogP contribution in [-0.4, -0.2) is 58.2 Å². The van der Waals surface area contributed by atoms with E-state index in [0.29, 0.717) is 18.4 Å². The number of ether oxygens (including phenoxy) is 2. The first-order valence-electron chi connectivity index (χ1n) is 12.5. The average Bonchev–Trinajstić information content (AvgIpc) is 3.46. The van der Waals surface area contributed by atoms with Gasteiger partial charge in [-0.05, 0) is 37.8 Å². The van der Waals surface area contributed by atoms with Gasteiger partial charge >= 0.3 is 5.97 Å². The van der Waals surface area contributed by atoms with E-state index in [2.05, 4.69) is 5.32 Å². The first-order valence-corrected chi connectivity index (χ1v) is 12.5. The number of carbonyl (C=O) groups excluding carboxylic acids is 3. The lowest BCUT2D eigenvalue weighted by molar-refractivity contribution is -0.160. The molecule has 3 aliphatic heterocycles. The Morgan fingerprint density at radius 3 is 2.44 bits per heavy atom. The number of esters is 1. The minimum atomic E-state index is -1.17. The van der Waals surface area contributed by atoms with Gasteiger partial charge in [0.25, 0.3) is 0 Å². The second kappa shape index (κ2) is 9.33. The van der Waals surface area contributed by atoms with Gasteiger partial charge in [0, 0.05) is 6.54 Å². The Morgan fingerprint density at radius 1 is 1.14 bits per heavy atom. The van der Waals surface area contributed by atoms with Crippen molar-refractivity contribution < 1.29 is 29.0 Å². The number of carbonyl (C=O) groups is 3. The summed E-state index contributed by atoms with van der Waals surface area (Å²) in [6.45, 7) is 3.66. The van der Waals surface area contributed by atoms with Gasteiger partial charge in [-0.15, -0.1) is 0 Å². The third-order valence-electron chi connectivity index (χ3n) is 8.01. The maximum absolute atomic E-state index is 14.1. The summed E-state index contributed by atoms with van der Waals surface area (Å²) in [5.41, 5.74) is -0.436. The second-order valence-electron chi connectivity index (χ2n) is 10.0. The van der Waals surface area contributed by atoms with Crippen molar-refractivity contribution in [3.8, 4) is 0 Å². The summed E-state index contributed by atoms with van der Waals surface area (Å²) in [6, 6.07) is 16.9. The van der Waals surface area contributed by atoms with Crippen molar-refractivity contribution in [2.24, 2.45) is 11.8 Å². The Hall–Kier alpha value is -3.23. The quantitative estimate of drug-likeness (QED) is 0.548. The highest BCUT2D eigenvalue weighted by molar-refractivity contribution is 5.98. The van der Waals surface area contributed by atoms with Gasteiger partial charge < -0.3 is 24.8 Å². The van der Waals surface area contributed by atoms with E-state index in [-0.39, 0.29) is 31.6 Å². The largest absolute Gasteiger partial charge is 0.466 e. The number of benzene rings is 2. The SMILES string of the molecule is CCOC(=O)[C@@H]1[C@H]2C(=O)N([C@H](CO)c3ccccc3)C(C(=O)NCc3ccccc3)C23CC[C@@]1(C)O3. The first-order chi connectivity index (χ1) is 17.4. The molecule has 2 unspecified atom stereocenters. The van der Waals surface area contributed by atoms with E-state index in [1.165, 1.54) is 4.90 Å². The summed E-state index contributed by atoms with van der Waals surface area (Å²) >= 11 is 0. The van der Waals surface area contributed by atoms with Crippen molar-refractivity contribution in [2.45, 2.75) is 56.5 Å². The number of hydrogen-bond donors (Lipinski definition) is 2. The number of rotatable bonds is 8. The van der Waals surface area contributed by atoms with Crippen LogP contribution in [0.15, 0.2) is 60.7 Å². The Kier molecular flexibility index (Phi) is 6.34. The van der Waals surface area contributed by atoms with Crippen molar-refractivity contribution in [1.82, 2.24) is 10.2 Å². The fraction of sp³-hybridized carbons (Fsp3) is 0.464. The molecule has 6 atom stereocenters. The standard InChI is InChI=1S/C28H32N2O6/c1-3-35-26(34)22-21-25(33)30(20(17-31)19-12-8-5-9-13-19)23(28(21)15-14-27(22,2)36-28)24(32)29-16-18-10-6-4-7-11-18/h4-13,20-23,31H,3,14-17H2,1-2H3,(H,29,32)/t20-,21+,22+,23?,27-,28?/m1/s1. The van der Waals surface area contributed by atoms with Crippen LogP contribution in [-0.2, 0) is 30.4 Å². The molecule has 3 heterocycles. The normalized spacial score (nSPS) is 31.2. The molecule has 0 aromatic heterocycles. The van der Waals surface area contributed by atoms with Crippen molar-refractivity contribution in [1.29, 1.82) is 0 Å². The van der Waals surface area contributed by atoms with Crippen LogP contribution in [0.1, 0.15) is 43.9 Å². The molecular formula is C28H32N2O6. The summed E-state index contributed by atoms with van der Waals surface area (Å²) in [7, 11) is 0. The third-order valence-corrected chi connectivity index (χ3v) is 8.01. The smallest absolute Gasteiger partial charge is 0.312 e. The minimum absolute atomic E-state index is 0.188. The van der Waals surface area contributed by atoms with E-state index in [9.17, 15) is 19.5 Å². The predicted octanol–water partition coefficient (Wildman–Crippen LogP) is 2.36. The Balaban J connectivity index is 1.56. The lowest BCUT2D eigenvalue weighted by Gasteiger charge is -2.37. The van der Waals surface area contributed by atoms with E-state index >= 15 is 0 Å². The van der Waals surface area contributed by atoms with Crippen LogP contribution in [0.3, 0.4) is 0 Å². The van der Waals surface area contributed by atoms with Gasteiger partial charge in [-0.25, -0.2) is 0 Å². The topological polar surface area (TPSA) is 105 Å². The molecule has 1 spiro atoms. The average molecular weight is 493 g/mol. The molecule has 2 bridgehead atoms. The molecule has 0 aliphatic carbocycles. The van der Waals surface area contributed by atoms with Crippen LogP contribution in [0.2, 0.25) is 0 Å². The number of fused-ring (bicyclic) bond motifs is 1. The number of aliphatic hydroxyl groups is 1. The van der Waals surface area contributed by atoms with E-state index in [4.69, 9.17) is 9.47 Å². The van der Waals surface area contributed by atoms with Crippen LogP contribution < -0.4 is 5.32 Å². The van der Waals surface area contributed by atoms with E-state index < -0.39 is 41.1 Å². The van der Waals surface area contributed by atoms with Gasteiger partial charge in [-0.3, -0.25) is 14.4 Å². The zero-order valence-corrected chi connectivity index (χ0v) is 20.6. The van der Waals surface area contributed by atoms with Crippen molar-refractivity contribution in [3.05, 3.63) is 71.8 Å². The molecule has 2 aromatic carbocycles. The maximum Gasteiger partial charge on any atom is 0.312 e. The highest BCUT2D eigenvalue weighted by atomic mass is 16.6. The molecular weight excluding hydrogens is 460 g/mol. The fourth-order valence-electron chi connectivity index (χ4n) is 6.50. The van der Waals surface area contributed by atoms with Crippen molar-refractivity contribution >= 4 is 17.8 Å². The Morgan fingerprint density at radius 2 is 1.81 bits per heavy atom. The number of likely N-dealkylation sites (tertiary alicyclic amines) is 1. The summed E-state index contributed by atoms with van der Waals surface area (Å²) in [6.07, 6.45) is 0.994. The highest BCUT2D eigenvalue weighted by Crippen LogP contribution is 2.64. The summed E-state index contributed by atoms with van der Waals surface area (Å²) in [5, 5.41) is 13.4. The van der Waals surface area contributed by atoms with Gasteiger partial charge in [-0.2, -0.15) is 0 Å². The van der Waals surface area contributed by atoms with Crippen molar-refractivity contribution in [3.63, 3.8) is 0 Å². The first kappa shape index (κ1) is 24.5. The van der Waals surface area contributed by atoms with Crippen LogP contribution in [0.25, 0.3) is 0 Å². The Labute approximate surface area is 210 Å². The lowest BCUT2D eigenvalue weighted by atomic mass is 9.66. The second-order valence-corrected chi connectivity index (χ2v) is 10.0. The number of nitrogens with one attached hydrogen (secondary N) is 1. The van der Waals surface area contributed by atoms with Gasteiger partial charge in [-0.1, -0.05) is 60.7 Å². The lowest BCUT2D eigenvalue weighted by Crippen LogP contribution is -2.56. The molecule has 2 aromatic rings. The molecule has 2 N–H and O–H groups in total. The summed E-state index contributed by atoms with van der Waals surface area (Å²) < 4.78 is 11.9. The molecule has 3 aliphatic rings. The maximum atomic E-state index is 14.1. The molecule has 8 nitrogen and oxygen atoms in total. The minimum Gasteiger partial charge on any atom is -0.466 e. The monoisotopic (exact) mass is 492 g/mol. The number of hydrogen-bond acceptors (Lipinski definition) is 6. The molecule has 0 saturated carbocycles. The van der Waals surface area contributed by atoms with E-state index in [1.807, 2.05) is 67.6 Å². The summed E-state index contributed by atoms with van der Waals surface area (Å²) in [4.78, 5) is 42.6. The zero-order valence-electron chi connectivity index (χ0n) is 20.6. The van der Waals surface area contributed by atoms with Crippen LogP contribution in [0.5, 0.6) is 0 Å². The number of amides is 2. The van der Waals surface area contributed by atoms with Gasteiger partial charge in [0.1, 0.15) is 17.6 Å². The molecule has 3 saturated heterocycles. The predicted molar refractivity (Wildman–Crippen MR) is 130 cm³/mol. The molecule has 8 heteroatoms. The van der Waals surface area contributed by atoms with Crippen LogP contribution >= 0.6 is 0 Å². The molecule has 3 fully saturated rings. The van der Waals surface area contributed by atoms with E-state index in [0.717, 1.165) is 5.56 Å². The summed E-state index contributed by atoms with van der Waals surface area (Å²) in [5.74, 6) is -2.88. The molecule has 2 amide bonds. The van der Waals surface area contributed by atoms with Crippen LogP contribution in [0.4, 0.5) is 0 Å². The van der Waals surface area contributed by atoms with Crippen molar-refractivity contribution in [2.75, 3.05) is 13.2 Å². The molecule has 36 heavy (non-hydrogen) atoms. The zero-order chi connectivity index (χ0) is 25.5. The fourth-order valence-corrected chi connectivity index (χ4v) is 6.50. The molecule has 0 radical (unpaired) electrons. The number of nitrogens with zero attached hydrogens (tertiary/aromatic N) is 1. The molecule has 190 valence electrons. The van der Waals surface area contributed by atoms with Gasteiger partial charge in [0.15, 0.2) is 0 Å². The highest BCUT2D eigenvalue weighted by Gasteiger charge is 2.78. The van der Waals surface area contributed by atoms with Gasteiger partial charge in [0.2, 0.25) is 11.8 Å². The van der Waals surface area contributed by atoms with E-state index in [1.54, 1.807) is 6.92 Å². The number of aliphatic hydroxyl groups excluding tert-OH is 1. The van der Waals surface area contributed by atoms with Crippen LogP contribution in [0, 0.1) is 11.8 Å². The van der Waals surface area contributed by atoms with Gasteiger partial charge in [0.05, 0.1) is 30.8 Å².